The van der Waals surface area contributed by atoms with Crippen LogP contribution < -0.4 is 4.72 Å². The highest BCUT2D eigenvalue weighted by molar-refractivity contribution is 7.92. The number of aliphatic hydroxyl groups excluding tert-OH is 1. The first-order valence-corrected chi connectivity index (χ1v) is 7.88. The molecule has 2 rings (SSSR count). The molecule has 0 aliphatic carbocycles. The molecular formula is C14H13ClFNO3S. The molecule has 0 atom stereocenters. The topological polar surface area (TPSA) is 66.4 Å². The van der Waals surface area contributed by atoms with E-state index >= 15 is 0 Å². The van der Waals surface area contributed by atoms with Crippen LogP contribution in [0.4, 0.5) is 10.1 Å². The largest absolute Gasteiger partial charge is 0.392 e. The molecule has 0 heterocycles. The summed E-state index contributed by atoms with van der Waals surface area (Å²) in [7, 11) is -3.98. The van der Waals surface area contributed by atoms with Crippen LogP contribution in [0.25, 0.3) is 0 Å². The second kappa shape index (κ2) is 6.01. The Bertz CT molecular complexity index is 778. The molecule has 0 aliphatic rings. The standard InChI is InChI=1S/C14H13ClFNO3S/c1-9-2-3-10(8-18)6-14(9)21(19,20)17-13-7-11(15)4-5-12(13)16/h2-7,17-18H,8H2,1H3. The number of anilines is 1. The number of nitrogens with one attached hydrogen (secondary N) is 1. The number of hydrogen-bond donors (Lipinski definition) is 2. The van der Waals surface area contributed by atoms with Gasteiger partial charge in [-0.15, -0.1) is 0 Å². The zero-order valence-corrected chi connectivity index (χ0v) is 12.7. The number of rotatable bonds is 4. The molecule has 0 saturated carbocycles. The second-order valence-corrected chi connectivity index (χ2v) is 6.57. The average Bonchev–Trinajstić information content (AvgIpc) is 2.43. The number of benzene rings is 2. The fourth-order valence-electron chi connectivity index (χ4n) is 1.81. The summed E-state index contributed by atoms with van der Waals surface area (Å²) in [6.07, 6.45) is 0. The number of sulfonamides is 1. The Morgan fingerprint density at radius 2 is 1.95 bits per heavy atom. The van der Waals surface area contributed by atoms with Crippen LogP contribution in [-0.4, -0.2) is 13.5 Å². The van der Waals surface area contributed by atoms with E-state index in [-0.39, 0.29) is 22.2 Å². The predicted octanol–water partition coefficient (Wildman–Crippen LogP) is 3.08. The summed E-state index contributed by atoms with van der Waals surface area (Å²) >= 11 is 5.74. The van der Waals surface area contributed by atoms with Gasteiger partial charge in [0.15, 0.2) is 0 Å². The van der Waals surface area contributed by atoms with Gasteiger partial charge in [-0.1, -0.05) is 23.7 Å². The summed E-state index contributed by atoms with van der Waals surface area (Å²) in [6.45, 7) is 1.33. The summed E-state index contributed by atoms with van der Waals surface area (Å²) in [5.74, 6) is -0.723. The number of halogens is 2. The van der Waals surface area contributed by atoms with Crippen LogP contribution in [0.5, 0.6) is 0 Å². The van der Waals surface area contributed by atoms with Gasteiger partial charge in [-0.05, 0) is 42.3 Å². The second-order valence-electron chi connectivity index (χ2n) is 4.49. The lowest BCUT2D eigenvalue weighted by Crippen LogP contribution is -2.15. The Balaban J connectivity index is 2.45. The summed E-state index contributed by atoms with van der Waals surface area (Å²) in [6, 6.07) is 8.14. The van der Waals surface area contributed by atoms with Crippen molar-refractivity contribution in [1.82, 2.24) is 0 Å². The van der Waals surface area contributed by atoms with Crippen LogP contribution in [0.2, 0.25) is 5.02 Å². The molecule has 4 nitrogen and oxygen atoms in total. The van der Waals surface area contributed by atoms with Gasteiger partial charge in [0, 0.05) is 5.02 Å². The highest BCUT2D eigenvalue weighted by Crippen LogP contribution is 2.24. The molecule has 2 aromatic rings. The molecule has 0 aromatic heterocycles. The van der Waals surface area contributed by atoms with Gasteiger partial charge < -0.3 is 5.11 Å². The van der Waals surface area contributed by atoms with Crippen molar-refractivity contribution in [3.63, 3.8) is 0 Å². The zero-order chi connectivity index (χ0) is 15.6. The third-order valence-electron chi connectivity index (χ3n) is 2.90. The van der Waals surface area contributed by atoms with Gasteiger partial charge in [0.25, 0.3) is 10.0 Å². The van der Waals surface area contributed by atoms with Gasteiger partial charge in [0.2, 0.25) is 0 Å². The molecule has 0 spiro atoms. The number of hydrogen-bond acceptors (Lipinski definition) is 3. The summed E-state index contributed by atoms with van der Waals surface area (Å²) < 4.78 is 40.5. The van der Waals surface area contributed by atoms with E-state index < -0.39 is 15.8 Å². The van der Waals surface area contributed by atoms with Gasteiger partial charge in [-0.2, -0.15) is 0 Å². The maximum atomic E-state index is 13.6. The molecule has 21 heavy (non-hydrogen) atoms. The van der Waals surface area contributed by atoms with Crippen LogP contribution in [0, 0.1) is 12.7 Å². The Morgan fingerprint density at radius 1 is 1.24 bits per heavy atom. The summed E-state index contributed by atoms with van der Waals surface area (Å²) in [5, 5.41) is 9.31. The number of aliphatic hydroxyl groups is 1. The van der Waals surface area contributed by atoms with Crippen molar-refractivity contribution in [3.05, 3.63) is 58.4 Å². The zero-order valence-electron chi connectivity index (χ0n) is 11.1. The van der Waals surface area contributed by atoms with Gasteiger partial charge in [0.1, 0.15) is 5.82 Å². The molecule has 0 amide bonds. The minimum atomic E-state index is -3.98. The van der Waals surface area contributed by atoms with E-state index in [1.165, 1.54) is 18.2 Å². The quantitative estimate of drug-likeness (QED) is 0.906. The van der Waals surface area contributed by atoms with Crippen molar-refractivity contribution >= 4 is 27.3 Å². The van der Waals surface area contributed by atoms with Gasteiger partial charge in [-0.25, -0.2) is 12.8 Å². The summed E-state index contributed by atoms with van der Waals surface area (Å²) in [4.78, 5) is -0.0200. The molecule has 0 fully saturated rings. The van der Waals surface area contributed by atoms with Gasteiger partial charge in [-0.3, -0.25) is 4.72 Å². The molecule has 2 aromatic carbocycles. The molecule has 7 heteroatoms. The van der Waals surface area contributed by atoms with Gasteiger partial charge in [0.05, 0.1) is 17.2 Å². The van der Waals surface area contributed by atoms with E-state index in [9.17, 15) is 12.8 Å². The van der Waals surface area contributed by atoms with E-state index in [4.69, 9.17) is 16.7 Å². The lowest BCUT2D eigenvalue weighted by atomic mass is 10.2. The Morgan fingerprint density at radius 3 is 2.62 bits per heavy atom. The molecule has 112 valence electrons. The van der Waals surface area contributed by atoms with Crippen molar-refractivity contribution in [2.45, 2.75) is 18.4 Å². The monoisotopic (exact) mass is 329 g/mol. The highest BCUT2D eigenvalue weighted by Gasteiger charge is 2.19. The van der Waals surface area contributed by atoms with Crippen LogP contribution in [0.1, 0.15) is 11.1 Å². The third-order valence-corrected chi connectivity index (χ3v) is 4.64. The molecule has 0 unspecified atom stereocenters. The van der Waals surface area contributed by atoms with Crippen LogP contribution >= 0.6 is 11.6 Å². The van der Waals surface area contributed by atoms with Crippen molar-refractivity contribution in [1.29, 1.82) is 0 Å². The van der Waals surface area contributed by atoms with E-state index in [1.807, 2.05) is 0 Å². The normalized spacial score (nSPS) is 11.4. The first-order valence-electron chi connectivity index (χ1n) is 6.02. The average molecular weight is 330 g/mol. The minimum absolute atomic E-state index is 0.0200. The van der Waals surface area contributed by atoms with Crippen LogP contribution in [0.3, 0.4) is 0 Å². The molecule has 2 N–H and O–H groups in total. The lowest BCUT2D eigenvalue weighted by molar-refractivity contribution is 0.281. The van der Waals surface area contributed by atoms with E-state index in [1.54, 1.807) is 19.1 Å². The van der Waals surface area contributed by atoms with Crippen molar-refractivity contribution in [3.8, 4) is 0 Å². The fourth-order valence-corrected chi connectivity index (χ4v) is 3.33. The Hall–Kier alpha value is -1.63. The first kappa shape index (κ1) is 15.8. The lowest BCUT2D eigenvalue weighted by Gasteiger charge is -2.12. The Labute approximate surface area is 127 Å². The fraction of sp³-hybridized carbons (Fsp3) is 0.143. The summed E-state index contributed by atoms with van der Waals surface area (Å²) in [5.41, 5.74) is 0.714. The van der Waals surface area contributed by atoms with E-state index in [0.29, 0.717) is 11.1 Å². The maximum absolute atomic E-state index is 13.6. The van der Waals surface area contributed by atoms with Crippen LogP contribution in [-0.2, 0) is 16.6 Å². The smallest absolute Gasteiger partial charge is 0.262 e. The SMILES string of the molecule is Cc1ccc(CO)cc1S(=O)(=O)Nc1cc(Cl)ccc1F. The minimum Gasteiger partial charge on any atom is -0.392 e. The van der Waals surface area contributed by atoms with Crippen molar-refractivity contribution < 1.29 is 17.9 Å². The molecule has 0 bridgehead atoms. The third kappa shape index (κ3) is 3.53. The molecular weight excluding hydrogens is 317 g/mol. The molecule has 0 aliphatic heterocycles. The van der Waals surface area contributed by atoms with E-state index in [2.05, 4.69) is 4.72 Å². The number of aryl methyl sites for hydroxylation is 1. The van der Waals surface area contributed by atoms with Crippen LogP contribution in [0.15, 0.2) is 41.3 Å². The van der Waals surface area contributed by atoms with Crippen molar-refractivity contribution in [2.24, 2.45) is 0 Å². The first-order chi connectivity index (χ1) is 9.83. The highest BCUT2D eigenvalue weighted by atomic mass is 35.5. The molecule has 0 radical (unpaired) electrons. The molecule has 0 saturated heterocycles. The van der Waals surface area contributed by atoms with Gasteiger partial charge >= 0.3 is 0 Å². The van der Waals surface area contributed by atoms with Crippen molar-refractivity contribution in [2.75, 3.05) is 4.72 Å². The maximum Gasteiger partial charge on any atom is 0.262 e. The van der Waals surface area contributed by atoms with E-state index in [0.717, 1.165) is 6.07 Å². The predicted molar refractivity (Wildman–Crippen MR) is 79.3 cm³/mol. The Kier molecular flexibility index (Phi) is 4.51.